The summed E-state index contributed by atoms with van der Waals surface area (Å²) < 4.78 is 10.6. The van der Waals surface area contributed by atoms with E-state index in [0.717, 1.165) is 11.4 Å². The largest absolute Gasteiger partial charge is 0.495 e. The summed E-state index contributed by atoms with van der Waals surface area (Å²) in [5.74, 6) is 0.0957. The summed E-state index contributed by atoms with van der Waals surface area (Å²) in [6.07, 6.45) is 3.46. The highest BCUT2D eigenvalue weighted by Crippen LogP contribution is 2.28. The zero-order valence-corrected chi connectivity index (χ0v) is 16.8. The fourth-order valence-electron chi connectivity index (χ4n) is 3.09. The normalized spacial score (nSPS) is 13.9. The van der Waals surface area contributed by atoms with Gasteiger partial charge < -0.3 is 19.3 Å². The van der Waals surface area contributed by atoms with Gasteiger partial charge in [0, 0.05) is 32.4 Å². The Morgan fingerprint density at radius 1 is 1.11 bits per heavy atom. The monoisotopic (exact) mass is 401 g/mol. The molecule has 3 rings (SSSR count). The molecule has 0 bridgehead atoms. The average Bonchev–Trinajstić information content (AvgIpc) is 2.77. The summed E-state index contributed by atoms with van der Waals surface area (Å²) in [6, 6.07) is 11.2. The van der Waals surface area contributed by atoms with Gasteiger partial charge in [0.2, 0.25) is 0 Å². The highest BCUT2D eigenvalue weighted by molar-refractivity contribution is 7.98. The van der Waals surface area contributed by atoms with Crippen LogP contribution in [0.1, 0.15) is 10.4 Å². The Kier molecular flexibility index (Phi) is 6.76. The molecule has 0 aliphatic carbocycles. The lowest BCUT2D eigenvalue weighted by Crippen LogP contribution is -2.50. The van der Waals surface area contributed by atoms with Crippen molar-refractivity contribution in [3.63, 3.8) is 0 Å². The van der Waals surface area contributed by atoms with Gasteiger partial charge in [-0.15, -0.1) is 11.8 Å². The summed E-state index contributed by atoms with van der Waals surface area (Å²) >= 11 is 1.36. The van der Waals surface area contributed by atoms with Crippen molar-refractivity contribution in [2.45, 2.75) is 5.03 Å². The molecule has 1 aliphatic rings. The first-order chi connectivity index (χ1) is 13.6. The lowest BCUT2D eigenvalue weighted by atomic mass is 10.2. The van der Waals surface area contributed by atoms with Crippen molar-refractivity contribution in [3.8, 4) is 5.75 Å². The number of hydrogen-bond acceptors (Lipinski definition) is 7. The topological polar surface area (TPSA) is 72.0 Å². The number of hydrogen-bond donors (Lipinski definition) is 0. The van der Waals surface area contributed by atoms with Gasteiger partial charge in [0.15, 0.2) is 6.61 Å². The molecule has 1 saturated heterocycles. The minimum Gasteiger partial charge on any atom is -0.495 e. The Morgan fingerprint density at radius 2 is 1.86 bits per heavy atom. The fraction of sp³-hybridized carbons (Fsp3) is 0.350. The molecule has 0 N–H and O–H groups in total. The Bertz CT molecular complexity index is 838. The van der Waals surface area contributed by atoms with E-state index in [4.69, 9.17) is 9.47 Å². The van der Waals surface area contributed by atoms with Crippen LogP contribution in [-0.2, 0) is 9.53 Å². The first kappa shape index (κ1) is 20.0. The summed E-state index contributed by atoms with van der Waals surface area (Å²) in [5, 5.41) is 0.588. The molecular weight excluding hydrogens is 378 g/mol. The molecule has 2 heterocycles. The zero-order valence-electron chi connectivity index (χ0n) is 16.0. The van der Waals surface area contributed by atoms with Crippen molar-refractivity contribution in [2.24, 2.45) is 0 Å². The van der Waals surface area contributed by atoms with Crippen LogP contribution < -0.4 is 9.64 Å². The van der Waals surface area contributed by atoms with Crippen LogP contribution in [0.5, 0.6) is 5.75 Å². The van der Waals surface area contributed by atoms with E-state index in [9.17, 15) is 9.59 Å². The number of anilines is 1. The van der Waals surface area contributed by atoms with E-state index >= 15 is 0 Å². The van der Waals surface area contributed by atoms with E-state index in [-0.39, 0.29) is 12.5 Å². The van der Waals surface area contributed by atoms with Crippen LogP contribution >= 0.6 is 11.8 Å². The highest BCUT2D eigenvalue weighted by atomic mass is 32.2. The minimum absolute atomic E-state index is 0.192. The molecular formula is C20H23N3O4S. The molecule has 7 nitrogen and oxygen atoms in total. The van der Waals surface area contributed by atoms with E-state index < -0.39 is 5.97 Å². The van der Waals surface area contributed by atoms with Gasteiger partial charge in [0.05, 0.1) is 18.4 Å². The molecule has 1 amide bonds. The number of pyridine rings is 1. The van der Waals surface area contributed by atoms with Crippen molar-refractivity contribution in [1.82, 2.24) is 9.88 Å². The van der Waals surface area contributed by atoms with E-state index in [1.165, 1.54) is 11.8 Å². The number of esters is 1. The maximum Gasteiger partial charge on any atom is 0.341 e. The van der Waals surface area contributed by atoms with Crippen molar-refractivity contribution >= 4 is 29.3 Å². The fourth-order valence-corrected chi connectivity index (χ4v) is 3.63. The Hall–Kier alpha value is -2.74. The molecule has 0 radical (unpaired) electrons. The predicted octanol–water partition coefficient (Wildman–Crippen LogP) is 2.32. The summed E-state index contributed by atoms with van der Waals surface area (Å²) in [6.45, 7) is 2.25. The smallest absolute Gasteiger partial charge is 0.341 e. The van der Waals surface area contributed by atoms with E-state index in [1.807, 2.05) is 30.5 Å². The van der Waals surface area contributed by atoms with Gasteiger partial charge in [-0.2, -0.15) is 0 Å². The number of benzene rings is 1. The average molecular weight is 401 g/mol. The number of piperazine rings is 1. The third-order valence-electron chi connectivity index (χ3n) is 4.57. The molecule has 0 spiro atoms. The molecule has 0 unspecified atom stereocenters. The Balaban J connectivity index is 1.52. The Labute approximate surface area is 168 Å². The van der Waals surface area contributed by atoms with Gasteiger partial charge in [-0.25, -0.2) is 9.78 Å². The number of aromatic nitrogens is 1. The summed E-state index contributed by atoms with van der Waals surface area (Å²) in [4.78, 5) is 32.7. The summed E-state index contributed by atoms with van der Waals surface area (Å²) in [7, 11) is 1.65. The highest BCUT2D eigenvalue weighted by Gasteiger charge is 2.24. The number of para-hydroxylation sites is 2. The quantitative estimate of drug-likeness (QED) is 0.543. The SMILES string of the molecule is COc1ccccc1N1CCN(C(=O)COC(=O)c2cccnc2SC)CC1. The number of ether oxygens (including phenoxy) is 2. The number of rotatable bonds is 6. The number of carbonyl (C=O) groups excluding carboxylic acids is 2. The molecule has 0 saturated carbocycles. The van der Waals surface area contributed by atoms with Gasteiger partial charge >= 0.3 is 5.97 Å². The molecule has 1 aliphatic heterocycles. The maximum absolute atomic E-state index is 12.4. The molecule has 0 atom stereocenters. The van der Waals surface area contributed by atoms with Crippen LogP contribution in [0, 0.1) is 0 Å². The molecule has 1 aromatic carbocycles. The van der Waals surface area contributed by atoms with E-state index in [0.29, 0.717) is 36.8 Å². The third kappa shape index (κ3) is 4.56. The lowest BCUT2D eigenvalue weighted by molar-refractivity contribution is -0.134. The predicted molar refractivity (Wildman–Crippen MR) is 108 cm³/mol. The van der Waals surface area contributed by atoms with Crippen LogP contribution in [0.4, 0.5) is 5.69 Å². The van der Waals surface area contributed by atoms with E-state index in [2.05, 4.69) is 9.88 Å². The second-order valence-electron chi connectivity index (χ2n) is 6.18. The van der Waals surface area contributed by atoms with Gasteiger partial charge in [0.1, 0.15) is 10.8 Å². The van der Waals surface area contributed by atoms with Crippen molar-refractivity contribution in [1.29, 1.82) is 0 Å². The van der Waals surface area contributed by atoms with Gasteiger partial charge in [-0.05, 0) is 30.5 Å². The molecule has 8 heteroatoms. The number of methoxy groups -OCH3 is 1. The van der Waals surface area contributed by atoms with Crippen molar-refractivity contribution in [2.75, 3.05) is 51.1 Å². The second-order valence-corrected chi connectivity index (χ2v) is 6.97. The first-order valence-corrected chi connectivity index (χ1v) is 10.2. The number of carbonyl (C=O) groups is 2. The van der Waals surface area contributed by atoms with Crippen LogP contribution in [0.25, 0.3) is 0 Å². The third-order valence-corrected chi connectivity index (χ3v) is 5.28. The van der Waals surface area contributed by atoms with Crippen LogP contribution in [0.15, 0.2) is 47.6 Å². The number of thioether (sulfide) groups is 1. The standard InChI is InChI=1S/C20H23N3O4S/c1-26-17-8-4-3-7-16(17)22-10-12-23(13-11-22)18(24)14-27-20(25)15-6-5-9-21-19(15)28-2/h3-9H,10-14H2,1-2H3. The van der Waals surface area contributed by atoms with Gasteiger partial charge in [-0.1, -0.05) is 12.1 Å². The molecule has 148 valence electrons. The van der Waals surface area contributed by atoms with E-state index in [1.54, 1.807) is 30.3 Å². The molecule has 1 fully saturated rings. The molecule has 28 heavy (non-hydrogen) atoms. The maximum atomic E-state index is 12.4. The summed E-state index contributed by atoms with van der Waals surface area (Å²) in [5.41, 5.74) is 1.40. The van der Waals surface area contributed by atoms with Crippen LogP contribution in [-0.4, -0.2) is 67.9 Å². The van der Waals surface area contributed by atoms with Gasteiger partial charge in [-0.3, -0.25) is 4.79 Å². The number of amides is 1. The van der Waals surface area contributed by atoms with Crippen molar-refractivity contribution in [3.05, 3.63) is 48.2 Å². The number of nitrogens with zero attached hydrogens (tertiary/aromatic N) is 3. The second kappa shape index (κ2) is 9.45. The van der Waals surface area contributed by atoms with Gasteiger partial charge in [0.25, 0.3) is 5.91 Å². The zero-order chi connectivity index (χ0) is 19.9. The Morgan fingerprint density at radius 3 is 2.57 bits per heavy atom. The van der Waals surface area contributed by atoms with Crippen molar-refractivity contribution < 1.29 is 19.1 Å². The molecule has 2 aromatic rings. The van der Waals surface area contributed by atoms with Crippen LogP contribution in [0.2, 0.25) is 0 Å². The first-order valence-electron chi connectivity index (χ1n) is 8.96. The minimum atomic E-state index is -0.529. The lowest BCUT2D eigenvalue weighted by Gasteiger charge is -2.36. The van der Waals surface area contributed by atoms with Crippen LogP contribution in [0.3, 0.4) is 0 Å². The molecule has 1 aromatic heterocycles.